The maximum atomic E-state index is 10.3. The van der Waals surface area contributed by atoms with Crippen molar-refractivity contribution in [3.63, 3.8) is 0 Å². The van der Waals surface area contributed by atoms with E-state index in [1.54, 1.807) is 12.4 Å². The second-order valence-electron chi connectivity index (χ2n) is 6.12. The van der Waals surface area contributed by atoms with Crippen LogP contribution in [0.25, 0.3) is 11.4 Å². The fourth-order valence-corrected chi connectivity index (χ4v) is 2.32. The minimum atomic E-state index is -1.65. The van der Waals surface area contributed by atoms with E-state index < -0.39 is 46.7 Å². The van der Waals surface area contributed by atoms with Gasteiger partial charge in [0.2, 0.25) is 0 Å². The molecule has 39 heavy (non-hydrogen) atoms. The Bertz CT molecular complexity index is 1190. The summed E-state index contributed by atoms with van der Waals surface area (Å²) >= 11 is 0. The summed E-state index contributed by atoms with van der Waals surface area (Å²) < 4.78 is 0. The molecular formula is C22H18CuN6O10. The topological polar surface area (TPSA) is 295 Å². The van der Waals surface area contributed by atoms with Crippen molar-refractivity contribution in [2.45, 2.75) is 0 Å². The number of carboxylic acids is 4. The fraction of sp³-hybridized carbons (Fsp3) is 0. The van der Waals surface area contributed by atoms with Gasteiger partial charge >= 0.3 is 29.0 Å². The summed E-state index contributed by atoms with van der Waals surface area (Å²) in [6.45, 7) is 0. The van der Waals surface area contributed by atoms with Gasteiger partial charge in [0, 0.05) is 37.2 Å². The zero-order valence-electron chi connectivity index (χ0n) is 19.3. The van der Waals surface area contributed by atoms with E-state index in [-0.39, 0.29) is 28.0 Å². The molecule has 0 aliphatic heterocycles. The van der Waals surface area contributed by atoms with E-state index in [2.05, 4.69) is 29.9 Å². The maximum absolute atomic E-state index is 10.3. The number of hydrogen-bond acceptors (Lipinski definition) is 12. The van der Waals surface area contributed by atoms with E-state index >= 15 is 0 Å². The number of rotatable bonds is 5. The van der Waals surface area contributed by atoms with Crippen LogP contribution in [0.5, 0.6) is 0 Å². The first kappa shape index (κ1) is 35.9. The molecule has 0 saturated carbocycles. The van der Waals surface area contributed by atoms with Crippen molar-refractivity contribution in [2.24, 2.45) is 0 Å². The summed E-state index contributed by atoms with van der Waals surface area (Å²) in [5.41, 5.74) is -0.721. The number of pyridine rings is 2. The van der Waals surface area contributed by atoms with Crippen LogP contribution >= 0.6 is 0 Å². The van der Waals surface area contributed by atoms with Gasteiger partial charge in [-0.2, -0.15) is 0 Å². The molecule has 0 fully saturated rings. The van der Waals surface area contributed by atoms with Gasteiger partial charge in [-0.1, -0.05) is 12.1 Å². The van der Waals surface area contributed by atoms with Crippen molar-refractivity contribution in [1.82, 2.24) is 29.9 Å². The zero-order valence-corrected chi connectivity index (χ0v) is 20.2. The minimum absolute atomic E-state index is 0. The predicted octanol–water partition coefficient (Wildman–Crippen LogP) is -2.43. The molecule has 0 aliphatic carbocycles. The summed E-state index contributed by atoms with van der Waals surface area (Å²) in [5.74, 6) is -6.19. The molecule has 4 aromatic rings. The Morgan fingerprint density at radius 2 is 0.821 bits per heavy atom. The molecule has 6 N–H and O–H groups in total. The molecule has 0 spiro atoms. The van der Waals surface area contributed by atoms with Gasteiger partial charge in [-0.05, 0) is 24.3 Å². The van der Waals surface area contributed by atoms with Crippen LogP contribution in [0.15, 0.2) is 73.6 Å². The Hall–Kier alpha value is -5.22. The van der Waals surface area contributed by atoms with Crippen molar-refractivity contribution < 1.29 is 67.6 Å². The Labute approximate surface area is 229 Å². The van der Waals surface area contributed by atoms with E-state index in [1.807, 2.05) is 36.4 Å². The third kappa shape index (κ3) is 11.1. The molecular weight excluding hydrogens is 572 g/mol. The molecule has 0 amide bonds. The normalized spacial score (nSPS) is 8.72. The van der Waals surface area contributed by atoms with Gasteiger partial charge < -0.3 is 41.0 Å². The van der Waals surface area contributed by atoms with Crippen LogP contribution in [0, 0.1) is 0 Å². The van der Waals surface area contributed by atoms with Crippen molar-refractivity contribution in [2.75, 3.05) is 0 Å². The first-order chi connectivity index (χ1) is 17.2. The Morgan fingerprint density at radius 1 is 0.513 bits per heavy atom. The second-order valence-corrected chi connectivity index (χ2v) is 6.12. The van der Waals surface area contributed by atoms with Crippen LogP contribution in [0.3, 0.4) is 0 Å². The molecule has 16 nitrogen and oxygen atoms in total. The van der Waals surface area contributed by atoms with Gasteiger partial charge in [0.05, 0.1) is 23.3 Å². The predicted molar refractivity (Wildman–Crippen MR) is 121 cm³/mol. The third-order valence-electron chi connectivity index (χ3n) is 3.78. The molecule has 207 valence electrons. The van der Waals surface area contributed by atoms with Crippen LogP contribution in [0.1, 0.15) is 42.0 Å². The number of aromatic nitrogens is 6. The summed E-state index contributed by atoms with van der Waals surface area (Å²) in [6.07, 6.45) is 7.88. The Morgan fingerprint density at radius 3 is 1.03 bits per heavy atom. The molecule has 17 heteroatoms. The summed E-state index contributed by atoms with van der Waals surface area (Å²) in [7, 11) is 0. The number of carbonyl (C=O) groups is 4. The number of hydrogen-bond donors (Lipinski definition) is 2. The largest absolute Gasteiger partial charge is 2.00 e. The average molecular weight is 590 g/mol. The van der Waals surface area contributed by atoms with Crippen molar-refractivity contribution in [3.05, 3.63) is 96.4 Å². The third-order valence-corrected chi connectivity index (χ3v) is 3.78. The van der Waals surface area contributed by atoms with Crippen LogP contribution in [-0.2, 0) is 17.1 Å². The fourth-order valence-electron chi connectivity index (χ4n) is 2.32. The smallest absolute Gasteiger partial charge is 0.543 e. The molecule has 4 heterocycles. The first-order valence-corrected chi connectivity index (χ1v) is 9.56. The molecule has 0 aromatic carbocycles. The molecule has 0 aliphatic rings. The Kier molecular flexibility index (Phi) is 16.7. The maximum Gasteiger partial charge on any atom is 2.00 e. The average Bonchev–Trinajstić information content (AvgIpc) is 2.90. The van der Waals surface area contributed by atoms with Gasteiger partial charge in [-0.15, -0.1) is 0 Å². The van der Waals surface area contributed by atoms with E-state index in [0.29, 0.717) is 0 Å². The summed E-state index contributed by atoms with van der Waals surface area (Å²) in [5, 5.41) is 37.3. The number of nitrogens with zero attached hydrogens (tertiary/aromatic N) is 6. The van der Waals surface area contributed by atoms with Gasteiger partial charge in [-0.3, -0.25) is 19.9 Å². The Balaban J connectivity index is 0. The quantitative estimate of drug-likeness (QED) is 0.229. The van der Waals surface area contributed by atoms with E-state index in [1.165, 1.54) is 0 Å². The van der Waals surface area contributed by atoms with Crippen molar-refractivity contribution in [1.29, 1.82) is 0 Å². The van der Waals surface area contributed by atoms with Gasteiger partial charge in [0.15, 0.2) is 11.4 Å². The van der Waals surface area contributed by atoms with Crippen molar-refractivity contribution in [3.8, 4) is 11.4 Å². The summed E-state index contributed by atoms with van der Waals surface area (Å²) in [4.78, 5) is 62.8. The van der Waals surface area contributed by atoms with E-state index in [4.69, 9.17) is 10.2 Å². The van der Waals surface area contributed by atoms with Crippen LogP contribution in [-0.4, -0.2) is 74.9 Å². The van der Waals surface area contributed by atoms with Crippen LogP contribution < -0.4 is 10.2 Å². The second kappa shape index (κ2) is 18.1. The van der Waals surface area contributed by atoms with Gasteiger partial charge in [-0.25, -0.2) is 19.6 Å². The van der Waals surface area contributed by atoms with Crippen LogP contribution in [0.2, 0.25) is 0 Å². The van der Waals surface area contributed by atoms with Gasteiger partial charge in [0.1, 0.15) is 11.4 Å². The van der Waals surface area contributed by atoms with E-state index in [9.17, 15) is 29.4 Å². The zero-order chi connectivity index (χ0) is 26.5. The number of aromatic carboxylic acids is 4. The first-order valence-electron chi connectivity index (χ1n) is 9.56. The van der Waals surface area contributed by atoms with Crippen LogP contribution in [0.4, 0.5) is 0 Å². The monoisotopic (exact) mass is 589 g/mol. The SMILES string of the molecule is O.O.O=C([O-])c1nccnc1C(=O)O.O=C([O-])c1nccnc1C(=O)O.[Cu+2].c1ccc(-c2ccccn2)nc1. The summed E-state index contributed by atoms with van der Waals surface area (Å²) in [6, 6.07) is 11.6. The van der Waals surface area contributed by atoms with Gasteiger partial charge in [0.25, 0.3) is 0 Å². The molecule has 0 atom stereocenters. The molecule has 4 rings (SSSR count). The minimum Gasteiger partial charge on any atom is -0.543 e. The van der Waals surface area contributed by atoms with Crippen molar-refractivity contribution >= 4 is 23.9 Å². The standard InChI is InChI=1S/C10H8N2.2C6H4N2O4.Cu.2H2O/c1-3-7-11-9(5-1)10-6-2-4-8-12-10;2*9-5(10)3-4(6(11)12)8-2-1-7-3;;;/h1-8H;2*1-2H,(H,9,10)(H,11,12);;2*1H2/q;;;+2;;/p-2. The molecule has 1 radical (unpaired) electrons. The number of carbonyl (C=O) groups excluding carboxylic acids is 2. The molecule has 0 unspecified atom stereocenters. The molecule has 0 saturated heterocycles. The molecule has 4 aromatic heterocycles. The number of carboxylic acid groups (broad SMARTS) is 4. The van der Waals surface area contributed by atoms with E-state index in [0.717, 1.165) is 36.2 Å². The molecule has 0 bridgehead atoms.